The first-order chi connectivity index (χ1) is 8.04. The fourth-order valence-corrected chi connectivity index (χ4v) is 2.91. The van der Waals surface area contributed by atoms with Crippen LogP contribution in [0, 0.1) is 11.7 Å². The van der Waals surface area contributed by atoms with E-state index in [-0.39, 0.29) is 11.4 Å². The first-order valence-electron chi connectivity index (χ1n) is 6.21. The smallest absolute Gasteiger partial charge is 0.146 e. The van der Waals surface area contributed by atoms with Gasteiger partial charge >= 0.3 is 0 Å². The van der Waals surface area contributed by atoms with E-state index in [1.807, 2.05) is 19.2 Å². The maximum atomic E-state index is 13.8. The Morgan fingerprint density at radius 3 is 2.76 bits per heavy atom. The van der Waals surface area contributed by atoms with Crippen LogP contribution in [0.1, 0.15) is 20.3 Å². The van der Waals surface area contributed by atoms with Gasteiger partial charge in [0, 0.05) is 12.1 Å². The summed E-state index contributed by atoms with van der Waals surface area (Å²) in [5, 5.41) is 3.21. The summed E-state index contributed by atoms with van der Waals surface area (Å²) in [6, 6.07) is 7.06. The number of nitrogens with zero attached hydrogens (tertiary/aromatic N) is 1. The molecule has 1 aromatic rings. The number of hydrogen-bond acceptors (Lipinski definition) is 2. The van der Waals surface area contributed by atoms with Gasteiger partial charge in [0.1, 0.15) is 5.82 Å². The second-order valence-electron chi connectivity index (χ2n) is 5.50. The monoisotopic (exact) mass is 236 g/mol. The first kappa shape index (κ1) is 12.4. The Kier molecular flexibility index (Phi) is 3.38. The van der Waals surface area contributed by atoms with Crippen LogP contribution in [0.25, 0.3) is 0 Å². The highest BCUT2D eigenvalue weighted by molar-refractivity contribution is 5.51. The minimum absolute atomic E-state index is 0.0315. The number of rotatable bonds is 3. The summed E-state index contributed by atoms with van der Waals surface area (Å²) in [5.74, 6) is 0.472. The van der Waals surface area contributed by atoms with Gasteiger partial charge in [-0.1, -0.05) is 12.1 Å². The van der Waals surface area contributed by atoms with Crippen LogP contribution in [-0.2, 0) is 0 Å². The average molecular weight is 236 g/mol. The number of nitrogens with one attached hydrogen (secondary N) is 1. The van der Waals surface area contributed by atoms with E-state index in [2.05, 4.69) is 24.1 Å². The van der Waals surface area contributed by atoms with Gasteiger partial charge in [-0.05, 0) is 51.9 Å². The highest BCUT2D eigenvalue weighted by Crippen LogP contribution is 2.37. The SMILES string of the molecule is CNCC1CN(c2ccccc2F)C(C)(C)C1. The molecule has 1 aromatic carbocycles. The zero-order valence-electron chi connectivity index (χ0n) is 10.8. The van der Waals surface area contributed by atoms with Crippen LogP contribution in [-0.4, -0.2) is 25.7 Å². The maximum Gasteiger partial charge on any atom is 0.146 e. The van der Waals surface area contributed by atoms with Gasteiger partial charge in [-0.2, -0.15) is 0 Å². The van der Waals surface area contributed by atoms with Crippen molar-refractivity contribution in [3.63, 3.8) is 0 Å². The van der Waals surface area contributed by atoms with E-state index in [0.29, 0.717) is 5.92 Å². The predicted octanol–water partition coefficient (Wildman–Crippen LogP) is 2.65. The molecular formula is C14H21FN2. The van der Waals surface area contributed by atoms with Crippen LogP contribution >= 0.6 is 0 Å². The topological polar surface area (TPSA) is 15.3 Å². The van der Waals surface area contributed by atoms with Crippen LogP contribution in [0.5, 0.6) is 0 Å². The van der Waals surface area contributed by atoms with Crippen molar-refractivity contribution in [2.45, 2.75) is 25.8 Å². The Balaban J connectivity index is 2.24. The summed E-state index contributed by atoms with van der Waals surface area (Å²) in [6.07, 6.45) is 1.10. The molecule has 0 radical (unpaired) electrons. The lowest BCUT2D eigenvalue weighted by atomic mass is 9.96. The quantitative estimate of drug-likeness (QED) is 0.868. The lowest BCUT2D eigenvalue weighted by molar-refractivity contribution is 0.459. The third-order valence-corrected chi connectivity index (χ3v) is 3.60. The van der Waals surface area contributed by atoms with Crippen molar-refractivity contribution in [1.82, 2.24) is 5.32 Å². The van der Waals surface area contributed by atoms with E-state index in [1.165, 1.54) is 6.07 Å². The molecule has 1 N–H and O–H groups in total. The highest BCUT2D eigenvalue weighted by Gasteiger charge is 2.38. The normalized spacial score (nSPS) is 23.1. The molecule has 0 aliphatic carbocycles. The van der Waals surface area contributed by atoms with Crippen LogP contribution in [0.15, 0.2) is 24.3 Å². The van der Waals surface area contributed by atoms with E-state index in [1.54, 1.807) is 6.07 Å². The molecule has 1 atom stereocenters. The molecule has 0 spiro atoms. The molecule has 0 saturated carbocycles. The molecule has 3 heteroatoms. The molecule has 1 aliphatic rings. The largest absolute Gasteiger partial charge is 0.364 e. The molecule has 1 fully saturated rings. The first-order valence-corrected chi connectivity index (χ1v) is 6.21. The van der Waals surface area contributed by atoms with Crippen molar-refractivity contribution in [1.29, 1.82) is 0 Å². The Morgan fingerprint density at radius 2 is 2.12 bits per heavy atom. The number of halogens is 1. The molecule has 2 nitrogen and oxygen atoms in total. The summed E-state index contributed by atoms with van der Waals surface area (Å²) in [6.45, 7) is 6.30. The molecule has 2 rings (SSSR count). The molecule has 1 unspecified atom stereocenters. The van der Waals surface area contributed by atoms with Crippen molar-refractivity contribution in [3.05, 3.63) is 30.1 Å². The van der Waals surface area contributed by atoms with Crippen molar-refractivity contribution in [2.75, 3.05) is 25.0 Å². The molecule has 1 aliphatic heterocycles. The average Bonchev–Trinajstić information content (AvgIpc) is 2.55. The zero-order valence-corrected chi connectivity index (χ0v) is 10.8. The van der Waals surface area contributed by atoms with Gasteiger partial charge in [0.2, 0.25) is 0 Å². The zero-order chi connectivity index (χ0) is 12.5. The van der Waals surface area contributed by atoms with Gasteiger partial charge in [0.15, 0.2) is 0 Å². The maximum absolute atomic E-state index is 13.8. The third kappa shape index (κ3) is 2.44. The fourth-order valence-electron chi connectivity index (χ4n) is 2.91. The van der Waals surface area contributed by atoms with E-state index in [9.17, 15) is 4.39 Å². The highest BCUT2D eigenvalue weighted by atomic mass is 19.1. The van der Waals surface area contributed by atoms with Crippen LogP contribution in [0.3, 0.4) is 0 Å². The Hall–Kier alpha value is -1.09. The van der Waals surface area contributed by atoms with E-state index >= 15 is 0 Å². The summed E-state index contributed by atoms with van der Waals surface area (Å²) < 4.78 is 13.8. The molecule has 94 valence electrons. The third-order valence-electron chi connectivity index (χ3n) is 3.60. The molecule has 1 heterocycles. The standard InChI is InChI=1S/C14H21FN2/c1-14(2)8-11(9-16-3)10-17(14)13-7-5-4-6-12(13)15/h4-7,11,16H,8-10H2,1-3H3. The Labute approximate surface area is 103 Å². The van der Waals surface area contributed by atoms with Crippen molar-refractivity contribution in [3.8, 4) is 0 Å². The Morgan fingerprint density at radius 1 is 1.41 bits per heavy atom. The van der Waals surface area contributed by atoms with Crippen molar-refractivity contribution < 1.29 is 4.39 Å². The number of anilines is 1. The van der Waals surface area contributed by atoms with Crippen LogP contribution < -0.4 is 10.2 Å². The van der Waals surface area contributed by atoms with Gasteiger partial charge in [0.25, 0.3) is 0 Å². The summed E-state index contributed by atoms with van der Waals surface area (Å²) in [5.41, 5.74) is 0.764. The van der Waals surface area contributed by atoms with E-state index in [4.69, 9.17) is 0 Å². The van der Waals surface area contributed by atoms with Gasteiger partial charge in [-0.25, -0.2) is 4.39 Å². The minimum Gasteiger partial charge on any atom is -0.364 e. The molecular weight excluding hydrogens is 215 g/mol. The van der Waals surface area contributed by atoms with Gasteiger partial charge in [0.05, 0.1) is 5.69 Å². The summed E-state index contributed by atoms with van der Waals surface area (Å²) in [4.78, 5) is 2.20. The van der Waals surface area contributed by atoms with Crippen LogP contribution in [0.2, 0.25) is 0 Å². The number of para-hydroxylation sites is 1. The molecule has 1 saturated heterocycles. The van der Waals surface area contributed by atoms with Gasteiger partial charge in [-0.15, -0.1) is 0 Å². The van der Waals surface area contributed by atoms with Crippen LogP contribution in [0.4, 0.5) is 10.1 Å². The fraction of sp³-hybridized carbons (Fsp3) is 0.571. The number of hydrogen-bond donors (Lipinski definition) is 1. The van der Waals surface area contributed by atoms with E-state index in [0.717, 1.165) is 25.2 Å². The Bertz CT molecular complexity index is 390. The van der Waals surface area contributed by atoms with Crippen molar-refractivity contribution >= 4 is 5.69 Å². The molecule has 17 heavy (non-hydrogen) atoms. The second-order valence-corrected chi connectivity index (χ2v) is 5.50. The van der Waals surface area contributed by atoms with Gasteiger partial charge < -0.3 is 10.2 Å². The molecule has 0 amide bonds. The van der Waals surface area contributed by atoms with E-state index < -0.39 is 0 Å². The number of benzene rings is 1. The van der Waals surface area contributed by atoms with Gasteiger partial charge in [-0.3, -0.25) is 0 Å². The lowest BCUT2D eigenvalue weighted by Gasteiger charge is -2.33. The van der Waals surface area contributed by atoms with Crippen molar-refractivity contribution in [2.24, 2.45) is 5.92 Å². The summed E-state index contributed by atoms with van der Waals surface area (Å²) >= 11 is 0. The summed E-state index contributed by atoms with van der Waals surface area (Å²) in [7, 11) is 1.97. The lowest BCUT2D eigenvalue weighted by Crippen LogP contribution is -2.38. The molecule has 0 bridgehead atoms. The predicted molar refractivity (Wildman–Crippen MR) is 69.9 cm³/mol. The minimum atomic E-state index is -0.120. The second kappa shape index (κ2) is 4.65. The molecule has 0 aromatic heterocycles.